The molecule has 12 heteroatoms. The maximum Gasteiger partial charge on any atom is 0.416 e. The molecule has 3 aliphatic rings. The molecule has 4 heterocycles. The number of aryl methyl sites for hydroxylation is 1. The molecule has 1 saturated carbocycles. The number of nitrogens with two attached hydrogens (primary N) is 1. The van der Waals surface area contributed by atoms with Crippen LogP contribution in [-0.4, -0.2) is 44.0 Å². The van der Waals surface area contributed by atoms with E-state index < -0.39 is 17.6 Å². The number of anilines is 2. The van der Waals surface area contributed by atoms with Crippen LogP contribution >= 0.6 is 0 Å². The molecule has 3 aromatic heterocycles. The van der Waals surface area contributed by atoms with Gasteiger partial charge in [0, 0.05) is 30.5 Å². The van der Waals surface area contributed by atoms with Gasteiger partial charge in [0.25, 0.3) is 5.91 Å². The van der Waals surface area contributed by atoms with Gasteiger partial charge in [-0.15, -0.1) is 5.10 Å². The van der Waals surface area contributed by atoms with Gasteiger partial charge in [0.1, 0.15) is 11.6 Å². The molecule has 1 saturated heterocycles. The highest BCUT2D eigenvalue weighted by Gasteiger charge is 2.46. The monoisotopic (exact) mass is 484 g/mol. The van der Waals surface area contributed by atoms with Crippen LogP contribution < -0.4 is 16.0 Å². The lowest BCUT2D eigenvalue weighted by atomic mass is 10.1. The van der Waals surface area contributed by atoms with Crippen molar-refractivity contribution in [3.63, 3.8) is 0 Å². The molecule has 1 amide bonds. The molecule has 0 aromatic carbocycles. The molecule has 35 heavy (non-hydrogen) atoms. The fourth-order valence-corrected chi connectivity index (χ4v) is 5.14. The van der Waals surface area contributed by atoms with Crippen LogP contribution in [0.2, 0.25) is 0 Å². The molecule has 3 atom stereocenters. The molecule has 6 rings (SSSR count). The van der Waals surface area contributed by atoms with E-state index in [9.17, 15) is 18.0 Å². The number of nitrogen functional groups attached to an aromatic ring is 1. The van der Waals surface area contributed by atoms with Crippen molar-refractivity contribution in [2.45, 2.75) is 38.0 Å². The number of carbonyl (C=O) groups is 1. The predicted molar refractivity (Wildman–Crippen MR) is 119 cm³/mol. The van der Waals surface area contributed by atoms with Crippen LogP contribution in [0.3, 0.4) is 0 Å². The van der Waals surface area contributed by atoms with Crippen LogP contribution in [0.15, 0.2) is 30.6 Å². The summed E-state index contributed by atoms with van der Waals surface area (Å²) in [5.74, 6) is 1.48. The van der Waals surface area contributed by atoms with E-state index in [1.54, 1.807) is 6.07 Å². The number of halogens is 3. The SMILES string of the molecule is Nc1ccc2c(n1)CC[C@H]2NC(=O)c1cn(Cc2cnc(N3CC4CC4C3)cc2C(F)(F)F)nn1. The summed E-state index contributed by atoms with van der Waals surface area (Å²) in [6.45, 7) is 1.30. The Bertz CT molecular complexity index is 1300. The Labute approximate surface area is 198 Å². The Balaban J connectivity index is 1.17. The number of alkyl halides is 3. The van der Waals surface area contributed by atoms with Crippen molar-refractivity contribution < 1.29 is 18.0 Å². The second-order valence-electron chi connectivity index (χ2n) is 9.50. The molecule has 0 radical (unpaired) electrons. The lowest BCUT2D eigenvalue weighted by molar-refractivity contribution is -0.138. The Morgan fingerprint density at radius 3 is 2.80 bits per heavy atom. The maximum absolute atomic E-state index is 13.8. The number of hydrogen-bond donors (Lipinski definition) is 2. The van der Waals surface area contributed by atoms with Gasteiger partial charge >= 0.3 is 6.18 Å². The van der Waals surface area contributed by atoms with E-state index >= 15 is 0 Å². The topological polar surface area (TPSA) is 115 Å². The fourth-order valence-electron chi connectivity index (χ4n) is 5.14. The van der Waals surface area contributed by atoms with Gasteiger partial charge in [0.15, 0.2) is 5.69 Å². The largest absolute Gasteiger partial charge is 0.416 e. The zero-order valence-electron chi connectivity index (χ0n) is 18.7. The molecule has 182 valence electrons. The first-order chi connectivity index (χ1) is 16.7. The Morgan fingerprint density at radius 1 is 1.23 bits per heavy atom. The minimum atomic E-state index is -4.54. The summed E-state index contributed by atoms with van der Waals surface area (Å²) in [4.78, 5) is 23.2. The van der Waals surface area contributed by atoms with Crippen LogP contribution in [0.1, 0.15) is 51.8 Å². The third kappa shape index (κ3) is 4.17. The Hall–Kier alpha value is -3.70. The van der Waals surface area contributed by atoms with E-state index in [1.807, 2.05) is 11.0 Å². The van der Waals surface area contributed by atoms with Crippen LogP contribution in [0.25, 0.3) is 0 Å². The van der Waals surface area contributed by atoms with Gasteiger partial charge in [-0.2, -0.15) is 13.2 Å². The zero-order chi connectivity index (χ0) is 24.3. The number of aromatic nitrogens is 5. The molecule has 0 spiro atoms. The highest BCUT2D eigenvalue weighted by molar-refractivity contribution is 5.92. The number of hydrogen-bond acceptors (Lipinski definition) is 7. The second kappa shape index (κ2) is 7.92. The van der Waals surface area contributed by atoms with Crippen LogP contribution in [0, 0.1) is 11.8 Å². The van der Waals surface area contributed by atoms with E-state index in [1.165, 1.54) is 17.1 Å². The average molecular weight is 484 g/mol. The molecule has 9 nitrogen and oxygen atoms in total. The third-order valence-corrected chi connectivity index (χ3v) is 7.07. The van der Waals surface area contributed by atoms with Gasteiger partial charge in [0.2, 0.25) is 0 Å². The zero-order valence-corrected chi connectivity index (χ0v) is 18.7. The lowest BCUT2D eigenvalue weighted by Gasteiger charge is -2.21. The lowest BCUT2D eigenvalue weighted by Crippen LogP contribution is -2.27. The first-order valence-corrected chi connectivity index (χ1v) is 11.5. The van der Waals surface area contributed by atoms with Crippen molar-refractivity contribution in [3.8, 4) is 0 Å². The van der Waals surface area contributed by atoms with Gasteiger partial charge in [-0.3, -0.25) is 4.79 Å². The molecular weight excluding hydrogens is 461 g/mol. The number of piperidine rings is 1. The number of pyridine rings is 2. The number of nitrogens with one attached hydrogen (secondary N) is 1. The summed E-state index contributed by atoms with van der Waals surface area (Å²) in [5, 5.41) is 10.6. The molecule has 0 bridgehead atoms. The minimum Gasteiger partial charge on any atom is -0.384 e. The average Bonchev–Trinajstić information content (AvgIpc) is 3.17. The molecule has 2 fully saturated rings. The Morgan fingerprint density at radius 2 is 2.03 bits per heavy atom. The molecule has 2 unspecified atom stereocenters. The van der Waals surface area contributed by atoms with Crippen LogP contribution in [0.5, 0.6) is 0 Å². The predicted octanol–water partition coefficient (Wildman–Crippen LogP) is 2.59. The number of rotatable bonds is 5. The van der Waals surface area contributed by atoms with Gasteiger partial charge in [-0.05, 0) is 48.8 Å². The molecule has 3 aromatic rings. The quantitative estimate of drug-likeness (QED) is 0.572. The first kappa shape index (κ1) is 21.8. The standard InChI is InChI=1S/C23H23F3N8O/c24-23(25,26)16-6-21(33-8-12-5-13(12)9-33)28-7-14(16)10-34-11-19(31-32-34)22(35)30-18-3-2-17-15(18)1-4-20(27)29-17/h1,4,6-7,11-13,18H,2-3,5,8-10H2,(H2,27,29)(H,30,35)/t12?,13?,18-/m1/s1. The summed E-state index contributed by atoms with van der Waals surface area (Å²) in [7, 11) is 0. The van der Waals surface area contributed by atoms with E-state index in [-0.39, 0.29) is 23.8 Å². The maximum atomic E-state index is 13.8. The van der Waals surface area contributed by atoms with Gasteiger partial charge in [-0.25, -0.2) is 14.6 Å². The number of nitrogens with zero attached hydrogens (tertiary/aromatic N) is 6. The highest BCUT2D eigenvalue weighted by atomic mass is 19.4. The van der Waals surface area contributed by atoms with E-state index in [4.69, 9.17) is 5.73 Å². The number of amides is 1. The summed E-state index contributed by atoms with van der Waals surface area (Å²) in [6.07, 6.45) is 0.578. The van der Waals surface area contributed by atoms with Crippen LogP contribution in [-0.2, 0) is 19.1 Å². The second-order valence-corrected chi connectivity index (χ2v) is 9.50. The van der Waals surface area contributed by atoms with E-state index in [0.29, 0.717) is 36.3 Å². The number of fused-ring (bicyclic) bond motifs is 2. The summed E-state index contributed by atoms with van der Waals surface area (Å²) >= 11 is 0. The van der Waals surface area contributed by atoms with Gasteiger partial charge < -0.3 is 16.0 Å². The van der Waals surface area contributed by atoms with Crippen molar-refractivity contribution in [2.24, 2.45) is 11.8 Å². The van der Waals surface area contributed by atoms with Crippen molar-refractivity contribution in [2.75, 3.05) is 23.7 Å². The van der Waals surface area contributed by atoms with Crippen molar-refractivity contribution >= 4 is 17.5 Å². The highest BCUT2D eigenvalue weighted by Crippen LogP contribution is 2.46. The van der Waals surface area contributed by atoms with Gasteiger partial charge in [-0.1, -0.05) is 11.3 Å². The molecule has 2 aliphatic carbocycles. The van der Waals surface area contributed by atoms with Crippen molar-refractivity contribution in [1.82, 2.24) is 30.3 Å². The van der Waals surface area contributed by atoms with E-state index in [0.717, 1.165) is 36.8 Å². The Kier molecular flexibility index (Phi) is 4.94. The minimum absolute atomic E-state index is 0.0243. The normalized spacial score (nSPS) is 22.7. The van der Waals surface area contributed by atoms with Gasteiger partial charge in [0.05, 0.1) is 24.3 Å². The van der Waals surface area contributed by atoms with Crippen molar-refractivity contribution in [3.05, 3.63) is 58.7 Å². The molecular formula is C23H23F3N8O. The molecule has 3 N–H and O–H groups in total. The van der Waals surface area contributed by atoms with E-state index in [2.05, 4.69) is 25.6 Å². The summed E-state index contributed by atoms with van der Waals surface area (Å²) in [5.41, 5.74) is 6.71. The first-order valence-electron chi connectivity index (χ1n) is 11.5. The summed E-state index contributed by atoms with van der Waals surface area (Å²) < 4.78 is 42.7. The summed E-state index contributed by atoms with van der Waals surface area (Å²) in [6, 6.07) is 4.40. The number of carbonyl (C=O) groups excluding carboxylic acids is 1. The fraction of sp³-hybridized carbons (Fsp3) is 0.435. The smallest absolute Gasteiger partial charge is 0.384 e. The third-order valence-electron chi connectivity index (χ3n) is 7.07. The van der Waals surface area contributed by atoms with Crippen molar-refractivity contribution in [1.29, 1.82) is 0 Å². The molecule has 1 aliphatic heterocycles. The van der Waals surface area contributed by atoms with Crippen LogP contribution in [0.4, 0.5) is 24.8 Å².